The van der Waals surface area contributed by atoms with Crippen LogP contribution in [-0.2, 0) is 15.5 Å². The summed E-state index contributed by atoms with van der Waals surface area (Å²) in [5, 5.41) is 3.50. The molecule has 7 nitrogen and oxygen atoms in total. The SMILES string of the molecule is CC(C)(C)c1ccc(-n2nc(OS(=O)(=O)C(F)(F)F)c3ccccc3c2=O)cn1. The third kappa shape index (κ3) is 3.95. The van der Waals surface area contributed by atoms with Gasteiger partial charge in [-0.05, 0) is 24.3 Å². The van der Waals surface area contributed by atoms with Crippen LogP contribution in [0.5, 0.6) is 5.88 Å². The second kappa shape index (κ2) is 6.83. The van der Waals surface area contributed by atoms with Gasteiger partial charge < -0.3 is 4.18 Å². The summed E-state index contributed by atoms with van der Waals surface area (Å²) < 4.78 is 66.2. The van der Waals surface area contributed by atoms with Crippen LogP contribution in [0.15, 0.2) is 47.4 Å². The fraction of sp³-hybridized carbons (Fsp3) is 0.278. The van der Waals surface area contributed by atoms with Crippen LogP contribution in [-0.4, -0.2) is 28.7 Å². The minimum Gasteiger partial charge on any atom is -0.353 e. The number of nitrogens with zero attached hydrogens (tertiary/aromatic N) is 3. The normalized spacial score (nSPS) is 12.9. The summed E-state index contributed by atoms with van der Waals surface area (Å²) in [4.78, 5) is 17.0. The summed E-state index contributed by atoms with van der Waals surface area (Å²) >= 11 is 0. The van der Waals surface area contributed by atoms with Gasteiger partial charge in [-0.1, -0.05) is 32.9 Å². The molecule has 0 amide bonds. The third-order valence-electron chi connectivity index (χ3n) is 4.00. The van der Waals surface area contributed by atoms with Crippen LogP contribution < -0.4 is 9.74 Å². The number of aromatic nitrogens is 3. The molecule has 2 aromatic heterocycles. The molecule has 29 heavy (non-hydrogen) atoms. The van der Waals surface area contributed by atoms with E-state index in [0.717, 1.165) is 4.68 Å². The van der Waals surface area contributed by atoms with Crippen LogP contribution in [0.3, 0.4) is 0 Å². The van der Waals surface area contributed by atoms with E-state index in [-0.39, 0.29) is 21.9 Å². The van der Waals surface area contributed by atoms with Crippen LogP contribution in [0.25, 0.3) is 16.5 Å². The highest BCUT2D eigenvalue weighted by molar-refractivity contribution is 7.88. The predicted molar refractivity (Wildman–Crippen MR) is 99.4 cm³/mol. The van der Waals surface area contributed by atoms with Crippen molar-refractivity contribution in [2.75, 3.05) is 0 Å². The van der Waals surface area contributed by atoms with E-state index in [2.05, 4.69) is 14.3 Å². The minimum absolute atomic E-state index is 0.0604. The molecule has 0 atom stereocenters. The molecule has 0 aliphatic carbocycles. The van der Waals surface area contributed by atoms with Crippen LogP contribution in [0.4, 0.5) is 13.2 Å². The van der Waals surface area contributed by atoms with Gasteiger partial charge in [0.25, 0.3) is 11.4 Å². The second-order valence-corrected chi connectivity index (χ2v) is 8.74. The Bertz CT molecular complexity index is 1230. The number of halogens is 3. The van der Waals surface area contributed by atoms with Crippen molar-refractivity contribution in [3.63, 3.8) is 0 Å². The highest BCUT2D eigenvalue weighted by Crippen LogP contribution is 2.29. The van der Waals surface area contributed by atoms with Crippen LogP contribution in [0, 0.1) is 0 Å². The van der Waals surface area contributed by atoms with Crippen molar-refractivity contribution in [3.8, 4) is 11.6 Å². The van der Waals surface area contributed by atoms with Gasteiger partial charge in [0.05, 0.1) is 22.7 Å². The molecule has 1 aromatic carbocycles. The van der Waals surface area contributed by atoms with E-state index in [1.165, 1.54) is 36.5 Å². The van der Waals surface area contributed by atoms with Gasteiger partial charge in [-0.15, -0.1) is 5.10 Å². The molecule has 3 aromatic rings. The molecule has 0 N–H and O–H groups in total. The number of alkyl halides is 3. The van der Waals surface area contributed by atoms with E-state index in [0.29, 0.717) is 5.69 Å². The van der Waals surface area contributed by atoms with Crippen LogP contribution >= 0.6 is 0 Å². The predicted octanol–water partition coefficient (Wildman–Crippen LogP) is 3.31. The summed E-state index contributed by atoms with van der Waals surface area (Å²) in [5.74, 6) is -0.863. The number of hydrogen-bond donors (Lipinski definition) is 0. The Kier molecular flexibility index (Phi) is 4.89. The van der Waals surface area contributed by atoms with Gasteiger partial charge in [-0.3, -0.25) is 9.78 Å². The number of fused-ring (bicyclic) bond motifs is 1. The maximum atomic E-state index is 12.8. The standard InChI is InChI=1S/C18H16F3N3O4S/c1-17(2,3)14-9-8-11(10-22-14)24-16(25)13-7-5-4-6-12(13)15(23-24)28-29(26,27)18(19,20)21/h4-10H,1-3H3. The van der Waals surface area contributed by atoms with Crippen molar-refractivity contribution in [3.05, 3.63) is 58.6 Å². The highest BCUT2D eigenvalue weighted by Gasteiger charge is 2.49. The lowest BCUT2D eigenvalue weighted by molar-refractivity contribution is -0.0501. The highest BCUT2D eigenvalue weighted by atomic mass is 32.2. The Morgan fingerprint density at radius 3 is 2.14 bits per heavy atom. The maximum Gasteiger partial charge on any atom is 0.534 e. The lowest BCUT2D eigenvalue weighted by Crippen LogP contribution is -2.30. The van der Waals surface area contributed by atoms with Crippen LogP contribution in [0.2, 0.25) is 0 Å². The smallest absolute Gasteiger partial charge is 0.353 e. The quantitative estimate of drug-likeness (QED) is 0.471. The molecule has 0 saturated carbocycles. The van der Waals surface area contributed by atoms with Crippen molar-refractivity contribution in [2.24, 2.45) is 0 Å². The topological polar surface area (TPSA) is 91.2 Å². The Morgan fingerprint density at radius 1 is 1.00 bits per heavy atom. The van der Waals surface area contributed by atoms with Gasteiger partial charge in [0.15, 0.2) is 0 Å². The number of rotatable bonds is 3. The molecule has 3 rings (SSSR count). The monoisotopic (exact) mass is 427 g/mol. The third-order valence-corrected chi connectivity index (χ3v) is 4.95. The molecule has 0 aliphatic rings. The lowest BCUT2D eigenvalue weighted by Gasteiger charge is -2.18. The molecule has 0 bridgehead atoms. The zero-order valence-corrected chi connectivity index (χ0v) is 16.4. The summed E-state index contributed by atoms with van der Waals surface area (Å²) in [5.41, 5.74) is -5.72. The largest absolute Gasteiger partial charge is 0.534 e. The van der Waals surface area contributed by atoms with Crippen molar-refractivity contribution in [1.82, 2.24) is 14.8 Å². The first-order valence-electron chi connectivity index (χ1n) is 8.31. The van der Waals surface area contributed by atoms with Crippen molar-refractivity contribution in [1.29, 1.82) is 0 Å². The fourth-order valence-corrected chi connectivity index (χ4v) is 2.93. The van der Waals surface area contributed by atoms with Crippen molar-refractivity contribution >= 4 is 20.9 Å². The average molecular weight is 427 g/mol. The van der Waals surface area contributed by atoms with E-state index in [1.54, 1.807) is 6.07 Å². The molecular formula is C18H16F3N3O4S. The van der Waals surface area contributed by atoms with E-state index in [4.69, 9.17) is 0 Å². The molecule has 0 spiro atoms. The van der Waals surface area contributed by atoms with Gasteiger partial charge in [0, 0.05) is 11.1 Å². The van der Waals surface area contributed by atoms with Gasteiger partial charge in [-0.2, -0.15) is 26.3 Å². The zero-order valence-electron chi connectivity index (χ0n) is 15.6. The fourth-order valence-electron chi connectivity index (χ4n) is 2.50. The summed E-state index contributed by atoms with van der Waals surface area (Å²) in [6.45, 7) is 5.80. The van der Waals surface area contributed by atoms with Gasteiger partial charge >= 0.3 is 15.6 Å². The van der Waals surface area contributed by atoms with Crippen molar-refractivity contribution < 1.29 is 25.8 Å². The zero-order chi connectivity index (χ0) is 21.6. The number of pyridine rings is 1. The van der Waals surface area contributed by atoms with E-state index >= 15 is 0 Å². The Balaban J connectivity index is 2.22. The molecule has 2 heterocycles. The molecule has 0 aliphatic heterocycles. The number of hydrogen-bond acceptors (Lipinski definition) is 6. The molecule has 0 radical (unpaired) electrons. The first-order valence-corrected chi connectivity index (χ1v) is 9.72. The molecular weight excluding hydrogens is 411 g/mol. The molecule has 0 unspecified atom stereocenters. The first-order chi connectivity index (χ1) is 13.3. The number of benzene rings is 1. The maximum absolute atomic E-state index is 12.8. The Morgan fingerprint density at radius 2 is 1.62 bits per heavy atom. The van der Waals surface area contributed by atoms with Crippen molar-refractivity contribution in [2.45, 2.75) is 31.7 Å². The second-order valence-electron chi connectivity index (χ2n) is 7.20. The summed E-state index contributed by atoms with van der Waals surface area (Å²) in [7, 11) is -5.97. The van der Waals surface area contributed by atoms with Gasteiger partial charge in [0.2, 0.25) is 0 Å². The minimum atomic E-state index is -5.97. The first kappa shape index (κ1) is 20.8. The van der Waals surface area contributed by atoms with E-state index in [9.17, 15) is 26.4 Å². The molecule has 11 heteroatoms. The average Bonchev–Trinajstić information content (AvgIpc) is 2.62. The lowest BCUT2D eigenvalue weighted by atomic mass is 9.92. The molecule has 0 fully saturated rings. The van der Waals surface area contributed by atoms with Gasteiger partial charge in [-0.25, -0.2) is 0 Å². The van der Waals surface area contributed by atoms with Gasteiger partial charge in [0.1, 0.15) is 0 Å². The van der Waals surface area contributed by atoms with Crippen LogP contribution in [0.1, 0.15) is 26.5 Å². The molecule has 0 saturated heterocycles. The molecule has 154 valence electrons. The van der Waals surface area contributed by atoms with E-state index in [1.807, 2.05) is 20.8 Å². The summed E-state index contributed by atoms with van der Waals surface area (Å²) in [6, 6.07) is 8.64. The van der Waals surface area contributed by atoms with E-state index < -0.39 is 27.1 Å². The Hall–Kier alpha value is -2.95. The Labute approximate surface area is 163 Å². The summed E-state index contributed by atoms with van der Waals surface area (Å²) in [6.07, 6.45) is 1.33.